The SMILES string of the molecule is Clc1ccc(Br)c(CNc2ccc(I)c(Br)c2)c1. The second-order valence-corrected chi connectivity index (χ2v) is 7.03. The van der Waals surface area contributed by atoms with E-state index >= 15 is 0 Å². The Morgan fingerprint density at radius 2 is 1.83 bits per heavy atom. The van der Waals surface area contributed by atoms with E-state index in [4.69, 9.17) is 11.6 Å². The summed E-state index contributed by atoms with van der Waals surface area (Å²) in [6.45, 7) is 0.730. The Balaban J connectivity index is 2.11. The lowest BCUT2D eigenvalue weighted by molar-refractivity contribution is 1.14. The first kappa shape index (κ1) is 14.6. The minimum atomic E-state index is 0.730. The molecule has 0 radical (unpaired) electrons. The van der Waals surface area contributed by atoms with Crippen LogP contribution in [-0.2, 0) is 6.54 Å². The van der Waals surface area contributed by atoms with Crippen molar-refractivity contribution in [1.29, 1.82) is 0 Å². The van der Waals surface area contributed by atoms with Gasteiger partial charge in [0, 0.05) is 29.8 Å². The van der Waals surface area contributed by atoms with Crippen LogP contribution in [0.4, 0.5) is 5.69 Å². The van der Waals surface area contributed by atoms with Gasteiger partial charge in [-0.25, -0.2) is 0 Å². The van der Waals surface area contributed by atoms with Crippen LogP contribution in [0.1, 0.15) is 5.56 Å². The maximum absolute atomic E-state index is 5.99. The van der Waals surface area contributed by atoms with E-state index in [2.05, 4.69) is 78.0 Å². The maximum atomic E-state index is 5.99. The van der Waals surface area contributed by atoms with Gasteiger partial charge in [-0.3, -0.25) is 0 Å². The van der Waals surface area contributed by atoms with E-state index in [9.17, 15) is 0 Å². The van der Waals surface area contributed by atoms with Crippen LogP contribution in [0.15, 0.2) is 45.3 Å². The molecule has 0 spiro atoms. The van der Waals surface area contributed by atoms with Gasteiger partial charge in [-0.05, 0) is 80.5 Å². The molecule has 1 N–H and O–H groups in total. The lowest BCUT2D eigenvalue weighted by Crippen LogP contribution is -2.00. The molecule has 18 heavy (non-hydrogen) atoms. The van der Waals surface area contributed by atoms with E-state index in [-0.39, 0.29) is 0 Å². The van der Waals surface area contributed by atoms with Crippen LogP contribution in [0.5, 0.6) is 0 Å². The van der Waals surface area contributed by atoms with Gasteiger partial charge >= 0.3 is 0 Å². The normalized spacial score (nSPS) is 10.4. The number of rotatable bonds is 3. The molecule has 0 aliphatic carbocycles. The van der Waals surface area contributed by atoms with Crippen LogP contribution in [0.25, 0.3) is 0 Å². The van der Waals surface area contributed by atoms with Gasteiger partial charge in [0.1, 0.15) is 0 Å². The van der Waals surface area contributed by atoms with Gasteiger partial charge in [0.25, 0.3) is 0 Å². The summed E-state index contributed by atoms with van der Waals surface area (Å²) in [6, 6.07) is 12.0. The van der Waals surface area contributed by atoms with Crippen LogP contribution >= 0.6 is 66.1 Å². The molecule has 0 aromatic heterocycles. The molecule has 0 aliphatic heterocycles. The highest BCUT2D eigenvalue weighted by Gasteiger charge is 2.02. The first-order valence-electron chi connectivity index (χ1n) is 5.19. The number of halogens is 4. The van der Waals surface area contributed by atoms with Gasteiger partial charge in [-0.1, -0.05) is 27.5 Å². The molecule has 2 aromatic rings. The van der Waals surface area contributed by atoms with Crippen molar-refractivity contribution in [3.8, 4) is 0 Å². The standard InChI is InChI=1S/C13H9Br2ClIN/c14-11-3-1-9(16)5-8(11)7-18-10-2-4-13(17)12(15)6-10/h1-6,18H,7H2. The Bertz CT molecular complexity index is 575. The molecule has 0 aliphatic rings. The molecule has 0 bridgehead atoms. The quantitative estimate of drug-likeness (QED) is 0.503. The summed E-state index contributed by atoms with van der Waals surface area (Å²) in [4.78, 5) is 0. The monoisotopic (exact) mass is 499 g/mol. The first-order valence-corrected chi connectivity index (χ1v) is 8.23. The average molecular weight is 501 g/mol. The lowest BCUT2D eigenvalue weighted by Gasteiger charge is -2.09. The van der Waals surface area contributed by atoms with Crippen molar-refractivity contribution in [2.75, 3.05) is 5.32 Å². The van der Waals surface area contributed by atoms with Crippen molar-refractivity contribution >= 4 is 71.7 Å². The topological polar surface area (TPSA) is 12.0 Å². The van der Waals surface area contributed by atoms with Crippen molar-refractivity contribution in [2.45, 2.75) is 6.54 Å². The van der Waals surface area contributed by atoms with Crippen LogP contribution in [0, 0.1) is 3.57 Å². The van der Waals surface area contributed by atoms with Gasteiger partial charge < -0.3 is 5.32 Å². The van der Waals surface area contributed by atoms with E-state index in [0.717, 1.165) is 31.8 Å². The average Bonchev–Trinajstić information content (AvgIpc) is 2.34. The van der Waals surface area contributed by atoms with Crippen molar-refractivity contribution < 1.29 is 0 Å². The van der Waals surface area contributed by atoms with E-state index in [1.54, 1.807) is 0 Å². The Morgan fingerprint density at radius 3 is 2.56 bits per heavy atom. The molecule has 5 heteroatoms. The highest BCUT2D eigenvalue weighted by Crippen LogP contribution is 2.25. The van der Waals surface area contributed by atoms with Crippen molar-refractivity contribution in [1.82, 2.24) is 0 Å². The predicted octanol–water partition coefficient (Wildman–Crippen LogP) is 6.08. The summed E-state index contributed by atoms with van der Waals surface area (Å²) in [5.74, 6) is 0. The molecule has 0 saturated heterocycles. The van der Waals surface area contributed by atoms with E-state index < -0.39 is 0 Å². The van der Waals surface area contributed by atoms with Crippen LogP contribution in [0.3, 0.4) is 0 Å². The second kappa shape index (κ2) is 6.59. The van der Waals surface area contributed by atoms with Gasteiger partial charge in [-0.2, -0.15) is 0 Å². The van der Waals surface area contributed by atoms with Gasteiger partial charge in [-0.15, -0.1) is 0 Å². The molecule has 0 amide bonds. The Morgan fingerprint density at radius 1 is 1.06 bits per heavy atom. The fourth-order valence-electron chi connectivity index (χ4n) is 1.48. The molecule has 1 nitrogen and oxygen atoms in total. The molecular formula is C13H9Br2ClIN. The fraction of sp³-hybridized carbons (Fsp3) is 0.0769. The Hall–Kier alpha value is 0.220. The van der Waals surface area contributed by atoms with E-state index in [1.807, 2.05) is 18.2 Å². The largest absolute Gasteiger partial charge is 0.381 e. The molecule has 94 valence electrons. The second-order valence-electron chi connectivity index (χ2n) is 3.72. The summed E-state index contributed by atoms with van der Waals surface area (Å²) in [5.41, 5.74) is 2.21. The molecule has 0 fully saturated rings. The highest BCUT2D eigenvalue weighted by molar-refractivity contribution is 14.1. The van der Waals surface area contributed by atoms with Gasteiger partial charge in [0.05, 0.1) is 0 Å². The van der Waals surface area contributed by atoms with Gasteiger partial charge in [0.15, 0.2) is 0 Å². The molecule has 0 heterocycles. The molecule has 0 atom stereocenters. The minimum absolute atomic E-state index is 0.730. The lowest BCUT2D eigenvalue weighted by atomic mass is 10.2. The highest BCUT2D eigenvalue weighted by atomic mass is 127. The zero-order valence-electron chi connectivity index (χ0n) is 9.18. The molecule has 2 rings (SSSR count). The van der Waals surface area contributed by atoms with Crippen LogP contribution < -0.4 is 5.32 Å². The zero-order chi connectivity index (χ0) is 13.1. The molecule has 0 unspecified atom stereocenters. The summed E-state index contributed by atoms with van der Waals surface area (Å²) in [5, 5.41) is 4.12. The Labute approximate surface area is 142 Å². The molecular weight excluding hydrogens is 492 g/mol. The number of anilines is 1. The Kier molecular flexibility index (Phi) is 5.35. The van der Waals surface area contributed by atoms with Crippen molar-refractivity contribution in [3.63, 3.8) is 0 Å². The third kappa shape index (κ3) is 3.85. The summed E-state index contributed by atoms with van der Waals surface area (Å²) < 4.78 is 3.35. The van der Waals surface area contributed by atoms with E-state index in [0.29, 0.717) is 0 Å². The fourth-order valence-corrected chi connectivity index (χ4v) is 2.78. The van der Waals surface area contributed by atoms with Crippen molar-refractivity contribution in [2.24, 2.45) is 0 Å². The van der Waals surface area contributed by atoms with Crippen LogP contribution in [-0.4, -0.2) is 0 Å². The number of benzene rings is 2. The smallest absolute Gasteiger partial charge is 0.0412 e. The number of hydrogen-bond donors (Lipinski definition) is 1. The number of hydrogen-bond acceptors (Lipinski definition) is 1. The summed E-state index contributed by atoms with van der Waals surface area (Å²) >= 11 is 15.3. The minimum Gasteiger partial charge on any atom is -0.381 e. The third-order valence-electron chi connectivity index (χ3n) is 2.41. The predicted molar refractivity (Wildman–Crippen MR) is 93.3 cm³/mol. The van der Waals surface area contributed by atoms with Crippen LogP contribution in [0.2, 0.25) is 5.02 Å². The summed E-state index contributed by atoms with van der Waals surface area (Å²) in [7, 11) is 0. The molecule has 0 saturated carbocycles. The van der Waals surface area contributed by atoms with Crippen molar-refractivity contribution in [3.05, 3.63) is 59.5 Å². The zero-order valence-corrected chi connectivity index (χ0v) is 15.3. The van der Waals surface area contributed by atoms with E-state index in [1.165, 1.54) is 3.57 Å². The molecule has 2 aromatic carbocycles. The summed E-state index contributed by atoms with van der Waals surface area (Å²) in [6.07, 6.45) is 0. The number of nitrogens with one attached hydrogen (secondary N) is 1. The van der Waals surface area contributed by atoms with Gasteiger partial charge in [0.2, 0.25) is 0 Å². The maximum Gasteiger partial charge on any atom is 0.0412 e. The third-order valence-corrected chi connectivity index (χ3v) is 5.76. The first-order chi connectivity index (χ1) is 8.56.